The molecule has 2 aliphatic rings. The summed E-state index contributed by atoms with van der Waals surface area (Å²) in [4.78, 5) is 31.4. The fourth-order valence-electron chi connectivity index (χ4n) is 3.72. The zero-order valence-electron chi connectivity index (χ0n) is 16.1. The van der Waals surface area contributed by atoms with Crippen molar-refractivity contribution in [1.29, 1.82) is 0 Å². The van der Waals surface area contributed by atoms with E-state index >= 15 is 0 Å². The minimum Gasteiger partial charge on any atom is -0.385 e. The number of nitrogens with one attached hydrogen (secondary N) is 1. The normalized spacial score (nSPS) is 24.6. The number of aryl methyl sites for hydroxylation is 1. The Morgan fingerprint density at radius 3 is 2.93 bits per heavy atom. The molecule has 2 saturated heterocycles. The molecule has 2 atom stereocenters. The fourth-order valence-corrected chi connectivity index (χ4v) is 5.20. The molecule has 28 heavy (non-hydrogen) atoms. The Balaban J connectivity index is 1.68. The molecule has 0 saturated carbocycles. The Morgan fingerprint density at radius 1 is 1.43 bits per heavy atom. The van der Waals surface area contributed by atoms with Crippen molar-refractivity contribution in [3.8, 4) is 0 Å². The molecule has 0 spiro atoms. The summed E-state index contributed by atoms with van der Waals surface area (Å²) in [6.45, 7) is 3.05. The lowest BCUT2D eigenvalue weighted by Gasteiger charge is -2.23. The molecule has 0 unspecified atom stereocenters. The number of hydrogen-bond acceptors (Lipinski definition) is 7. The summed E-state index contributed by atoms with van der Waals surface area (Å²) in [7, 11) is -2.09. The van der Waals surface area contributed by atoms with Gasteiger partial charge in [-0.15, -0.1) is 0 Å². The Hall–Kier alpha value is -2.04. The van der Waals surface area contributed by atoms with Crippen LogP contribution >= 0.6 is 0 Å². The van der Waals surface area contributed by atoms with Gasteiger partial charge in [0.05, 0.1) is 11.8 Å². The van der Waals surface area contributed by atoms with Crippen molar-refractivity contribution in [3.63, 3.8) is 0 Å². The maximum absolute atomic E-state index is 12.9. The summed E-state index contributed by atoms with van der Waals surface area (Å²) in [5.74, 6) is -0.734. The number of ether oxygens (including phenoxy) is 1. The van der Waals surface area contributed by atoms with Crippen LogP contribution in [-0.2, 0) is 19.6 Å². The number of carbonyl (C=O) groups is 2. The van der Waals surface area contributed by atoms with Gasteiger partial charge in [0, 0.05) is 56.8 Å². The van der Waals surface area contributed by atoms with Crippen molar-refractivity contribution in [2.24, 2.45) is 0 Å². The first-order valence-electron chi connectivity index (χ1n) is 9.32. The van der Waals surface area contributed by atoms with E-state index in [0.717, 1.165) is 10.00 Å². The lowest BCUT2D eigenvalue weighted by Crippen LogP contribution is -2.44. The number of methoxy groups -OCH3 is 1. The molecule has 154 valence electrons. The monoisotopic (exact) mass is 410 g/mol. The van der Waals surface area contributed by atoms with Crippen LogP contribution in [0, 0.1) is 6.92 Å². The van der Waals surface area contributed by atoms with Crippen LogP contribution in [-0.4, -0.2) is 85.6 Å². The van der Waals surface area contributed by atoms with Crippen LogP contribution < -0.4 is 5.32 Å². The molecule has 2 fully saturated rings. The summed E-state index contributed by atoms with van der Waals surface area (Å²) in [6, 6.07) is 2.60. The average molecular weight is 410 g/mol. The summed E-state index contributed by atoms with van der Waals surface area (Å²) in [5.41, 5.74) is 1.27. The van der Waals surface area contributed by atoms with E-state index in [1.807, 2.05) is 11.8 Å². The van der Waals surface area contributed by atoms with E-state index < -0.39 is 22.0 Å². The Labute approximate surface area is 165 Å². The van der Waals surface area contributed by atoms with Gasteiger partial charge in [-0.2, -0.15) is 0 Å². The van der Waals surface area contributed by atoms with Gasteiger partial charge in [-0.05, 0) is 31.9 Å². The molecule has 3 rings (SSSR count). The summed E-state index contributed by atoms with van der Waals surface area (Å²) in [5, 5.41) is 2.96. The topological polar surface area (TPSA) is 109 Å². The molecule has 3 heterocycles. The Morgan fingerprint density at radius 2 is 2.21 bits per heavy atom. The molecule has 1 aromatic heterocycles. The van der Waals surface area contributed by atoms with E-state index in [9.17, 15) is 18.0 Å². The third-order valence-corrected chi connectivity index (χ3v) is 6.84. The molecule has 9 nitrogen and oxygen atoms in total. The lowest BCUT2D eigenvalue weighted by molar-refractivity contribution is -0.130. The highest BCUT2D eigenvalue weighted by Gasteiger charge is 2.45. The predicted molar refractivity (Wildman–Crippen MR) is 102 cm³/mol. The highest BCUT2D eigenvalue weighted by Crippen LogP contribution is 2.25. The quantitative estimate of drug-likeness (QED) is 0.645. The first kappa shape index (κ1) is 20.7. The standard InChI is InChI=1S/C18H26N4O5S/c1-13-10-14(4-5-19-13)17(23)20-15-11-16-18(24)22(6-3-8-27-2)28(25,26)9-7-21(16)12-15/h4-5,10,15-16H,3,6-9,11-12H2,1-2H3,(H,20,23)/t15-,16-/m0/s1. The van der Waals surface area contributed by atoms with Gasteiger partial charge in [-0.25, -0.2) is 12.7 Å². The van der Waals surface area contributed by atoms with Gasteiger partial charge in [0.15, 0.2) is 0 Å². The maximum Gasteiger partial charge on any atom is 0.253 e. The number of hydrogen-bond donors (Lipinski definition) is 1. The number of rotatable bonds is 6. The van der Waals surface area contributed by atoms with E-state index in [1.54, 1.807) is 18.3 Å². The molecular formula is C18H26N4O5S. The van der Waals surface area contributed by atoms with Crippen molar-refractivity contribution in [3.05, 3.63) is 29.6 Å². The molecule has 2 amide bonds. The Kier molecular flexibility index (Phi) is 6.31. The minimum atomic E-state index is -3.63. The van der Waals surface area contributed by atoms with Crippen molar-refractivity contribution in [2.45, 2.75) is 31.8 Å². The van der Waals surface area contributed by atoms with Crippen LogP contribution in [0.4, 0.5) is 0 Å². The van der Waals surface area contributed by atoms with Crippen molar-refractivity contribution < 1.29 is 22.7 Å². The first-order chi connectivity index (χ1) is 13.3. The molecule has 0 bridgehead atoms. The van der Waals surface area contributed by atoms with Crippen molar-refractivity contribution in [2.75, 3.05) is 39.1 Å². The van der Waals surface area contributed by atoms with E-state index in [0.29, 0.717) is 31.6 Å². The summed E-state index contributed by atoms with van der Waals surface area (Å²) < 4.78 is 30.9. The molecule has 0 radical (unpaired) electrons. The predicted octanol–water partition coefficient (Wildman–Crippen LogP) is -0.229. The van der Waals surface area contributed by atoms with Crippen LogP contribution in [0.5, 0.6) is 0 Å². The number of aromatic nitrogens is 1. The van der Waals surface area contributed by atoms with Crippen molar-refractivity contribution >= 4 is 21.8 Å². The molecule has 1 N–H and O–H groups in total. The SMILES string of the molecule is COCCCN1C(=O)[C@@H]2C[C@H](NC(=O)c3ccnc(C)c3)CN2CCS1(=O)=O. The van der Waals surface area contributed by atoms with E-state index in [2.05, 4.69) is 10.3 Å². The highest BCUT2D eigenvalue weighted by molar-refractivity contribution is 7.89. The molecule has 0 aromatic carbocycles. The van der Waals surface area contributed by atoms with E-state index in [-0.39, 0.29) is 30.8 Å². The van der Waals surface area contributed by atoms with Crippen LogP contribution in [0.15, 0.2) is 18.3 Å². The van der Waals surface area contributed by atoms with Gasteiger partial charge < -0.3 is 10.1 Å². The second kappa shape index (κ2) is 8.54. The molecule has 1 aromatic rings. The van der Waals surface area contributed by atoms with Gasteiger partial charge in [0.1, 0.15) is 0 Å². The summed E-state index contributed by atoms with van der Waals surface area (Å²) in [6.07, 6.45) is 2.43. The zero-order chi connectivity index (χ0) is 20.3. The van der Waals surface area contributed by atoms with Gasteiger partial charge >= 0.3 is 0 Å². The largest absolute Gasteiger partial charge is 0.385 e. The third kappa shape index (κ3) is 4.50. The minimum absolute atomic E-state index is 0.105. The van der Waals surface area contributed by atoms with Gasteiger partial charge in [0.2, 0.25) is 10.0 Å². The molecule has 0 aliphatic carbocycles. The van der Waals surface area contributed by atoms with Gasteiger partial charge in [0.25, 0.3) is 11.8 Å². The van der Waals surface area contributed by atoms with Crippen LogP contribution in [0.3, 0.4) is 0 Å². The highest BCUT2D eigenvalue weighted by atomic mass is 32.2. The fraction of sp³-hybridized carbons (Fsp3) is 0.611. The average Bonchev–Trinajstić information content (AvgIpc) is 3.02. The smallest absolute Gasteiger partial charge is 0.253 e. The van der Waals surface area contributed by atoms with E-state index in [1.165, 1.54) is 7.11 Å². The van der Waals surface area contributed by atoms with E-state index in [4.69, 9.17) is 4.74 Å². The number of sulfonamides is 1. The molecule has 10 heteroatoms. The molecule has 2 aliphatic heterocycles. The number of carbonyl (C=O) groups excluding carboxylic acids is 2. The zero-order valence-corrected chi connectivity index (χ0v) is 16.9. The lowest BCUT2D eigenvalue weighted by atomic mass is 10.1. The number of fused-ring (bicyclic) bond motifs is 1. The number of pyridine rings is 1. The number of amides is 2. The Bertz CT molecular complexity index is 844. The van der Waals surface area contributed by atoms with Crippen LogP contribution in [0.2, 0.25) is 0 Å². The van der Waals surface area contributed by atoms with Gasteiger partial charge in [-0.1, -0.05) is 0 Å². The van der Waals surface area contributed by atoms with Crippen LogP contribution in [0.25, 0.3) is 0 Å². The van der Waals surface area contributed by atoms with Crippen LogP contribution in [0.1, 0.15) is 28.9 Å². The van der Waals surface area contributed by atoms with Gasteiger partial charge in [-0.3, -0.25) is 19.5 Å². The number of nitrogens with zero attached hydrogens (tertiary/aromatic N) is 3. The maximum atomic E-state index is 12.9. The summed E-state index contributed by atoms with van der Waals surface area (Å²) >= 11 is 0. The third-order valence-electron chi connectivity index (χ3n) is 5.11. The molecular weight excluding hydrogens is 384 g/mol. The second-order valence-electron chi connectivity index (χ2n) is 7.18. The van der Waals surface area contributed by atoms with Crippen molar-refractivity contribution in [1.82, 2.24) is 19.5 Å². The first-order valence-corrected chi connectivity index (χ1v) is 10.9. The second-order valence-corrected chi connectivity index (χ2v) is 9.19.